The summed E-state index contributed by atoms with van der Waals surface area (Å²) in [5.74, 6) is -0.536. The highest BCUT2D eigenvalue weighted by Crippen LogP contribution is 2.17. The van der Waals surface area contributed by atoms with Crippen molar-refractivity contribution >= 4 is 12.1 Å². The summed E-state index contributed by atoms with van der Waals surface area (Å²) in [6, 6.07) is 6.59. The Morgan fingerprint density at radius 3 is 2.12 bits per heavy atom. The van der Waals surface area contributed by atoms with E-state index >= 15 is 0 Å². The molecule has 3 N–H and O–H groups in total. The minimum Gasteiger partial charge on any atom is -0.493 e. The number of ether oxygens (including phenoxy) is 1. The smallest absolute Gasteiger partial charge is 0.493 e. The molecule has 0 amide bonds. The van der Waals surface area contributed by atoms with E-state index in [2.05, 4.69) is 0 Å². The maximum atomic E-state index is 10.6. The summed E-state index contributed by atoms with van der Waals surface area (Å²) in [5, 5.41) is 22.7. The zero-order valence-corrected chi connectivity index (χ0v) is 8.58. The van der Waals surface area contributed by atoms with Gasteiger partial charge in [0.25, 0.3) is 0 Å². The van der Waals surface area contributed by atoms with Crippen molar-refractivity contribution in [2.75, 3.05) is 6.61 Å². The topological polar surface area (TPSA) is 104 Å². The van der Waals surface area contributed by atoms with E-state index in [0.29, 0.717) is 12.4 Å². The lowest BCUT2D eigenvalue weighted by Crippen LogP contribution is -2.01. The fourth-order valence-corrected chi connectivity index (χ4v) is 0.925. The first kappa shape index (κ1) is 13.8. The van der Waals surface area contributed by atoms with Crippen molar-refractivity contribution < 1.29 is 29.6 Å². The second kappa shape index (κ2) is 7.10. The predicted octanol–water partition coefficient (Wildman–Crippen LogP) is 2.01. The molecule has 0 spiro atoms. The number of benzene rings is 1. The summed E-state index contributed by atoms with van der Waals surface area (Å²) in [6.45, 7) is 2.29. The Bertz CT molecular complexity index is 356. The number of para-hydroxylation sites is 1. The molecular formula is C10H12O6. The van der Waals surface area contributed by atoms with Crippen LogP contribution in [-0.2, 0) is 0 Å². The summed E-state index contributed by atoms with van der Waals surface area (Å²) >= 11 is 0. The average molecular weight is 228 g/mol. The van der Waals surface area contributed by atoms with E-state index in [9.17, 15) is 4.79 Å². The van der Waals surface area contributed by atoms with Gasteiger partial charge in [-0.15, -0.1) is 0 Å². The standard InChI is InChI=1S/C9H10O3.CH2O3/c1-2-12-8-6-4-3-5-7(8)9(10)11;2-1(3)4/h3-6H,2H2,1H3,(H,10,11);(H2,2,3,4). The number of hydrogen-bond acceptors (Lipinski definition) is 3. The first-order valence-electron chi connectivity index (χ1n) is 4.36. The van der Waals surface area contributed by atoms with Crippen molar-refractivity contribution in [2.45, 2.75) is 6.92 Å². The van der Waals surface area contributed by atoms with E-state index in [1.807, 2.05) is 6.92 Å². The van der Waals surface area contributed by atoms with Crippen LogP contribution in [-0.4, -0.2) is 34.1 Å². The van der Waals surface area contributed by atoms with Gasteiger partial charge in [-0.3, -0.25) is 0 Å². The summed E-state index contributed by atoms with van der Waals surface area (Å²) in [5.41, 5.74) is 0.208. The lowest BCUT2D eigenvalue weighted by molar-refractivity contribution is 0.0692. The predicted molar refractivity (Wildman–Crippen MR) is 55.2 cm³/mol. The van der Waals surface area contributed by atoms with E-state index < -0.39 is 12.1 Å². The molecule has 88 valence electrons. The molecule has 0 atom stereocenters. The molecule has 0 aliphatic rings. The van der Waals surface area contributed by atoms with Crippen LogP contribution >= 0.6 is 0 Å². The van der Waals surface area contributed by atoms with E-state index in [4.69, 9.17) is 24.9 Å². The van der Waals surface area contributed by atoms with Gasteiger partial charge in [-0.05, 0) is 19.1 Å². The molecule has 0 bridgehead atoms. The van der Waals surface area contributed by atoms with Crippen LogP contribution in [0.3, 0.4) is 0 Å². The lowest BCUT2D eigenvalue weighted by atomic mass is 10.2. The van der Waals surface area contributed by atoms with Gasteiger partial charge in [-0.25, -0.2) is 9.59 Å². The molecule has 1 rings (SSSR count). The largest absolute Gasteiger partial charge is 0.503 e. The van der Waals surface area contributed by atoms with Gasteiger partial charge in [-0.1, -0.05) is 12.1 Å². The van der Waals surface area contributed by atoms with Gasteiger partial charge >= 0.3 is 12.1 Å². The number of carboxylic acids is 1. The first-order chi connectivity index (χ1) is 7.49. The molecule has 6 heteroatoms. The fraction of sp³-hybridized carbons (Fsp3) is 0.200. The minimum absolute atomic E-state index is 0.208. The number of hydrogen-bond donors (Lipinski definition) is 3. The van der Waals surface area contributed by atoms with Crippen LogP contribution in [0.2, 0.25) is 0 Å². The van der Waals surface area contributed by atoms with E-state index in [-0.39, 0.29) is 5.56 Å². The zero-order chi connectivity index (χ0) is 12.6. The van der Waals surface area contributed by atoms with Crippen LogP contribution in [0.4, 0.5) is 4.79 Å². The Labute approximate surface area is 91.7 Å². The molecule has 1 aromatic rings. The molecule has 0 aliphatic carbocycles. The van der Waals surface area contributed by atoms with Crippen molar-refractivity contribution in [3.63, 3.8) is 0 Å². The van der Waals surface area contributed by atoms with Crippen LogP contribution in [0.25, 0.3) is 0 Å². The maximum Gasteiger partial charge on any atom is 0.503 e. The maximum absolute atomic E-state index is 10.6. The van der Waals surface area contributed by atoms with Crippen molar-refractivity contribution in [1.82, 2.24) is 0 Å². The third-order valence-electron chi connectivity index (χ3n) is 1.42. The Morgan fingerprint density at radius 2 is 1.69 bits per heavy atom. The zero-order valence-electron chi connectivity index (χ0n) is 8.58. The number of carbonyl (C=O) groups is 2. The minimum atomic E-state index is -1.83. The van der Waals surface area contributed by atoms with Crippen molar-refractivity contribution in [3.8, 4) is 5.75 Å². The molecule has 6 nitrogen and oxygen atoms in total. The molecule has 0 heterocycles. The summed E-state index contributed by atoms with van der Waals surface area (Å²) < 4.78 is 5.12. The summed E-state index contributed by atoms with van der Waals surface area (Å²) in [7, 11) is 0. The quantitative estimate of drug-likeness (QED) is 0.730. The van der Waals surface area contributed by atoms with Crippen LogP contribution in [0.1, 0.15) is 17.3 Å². The normalized spacial score (nSPS) is 8.56. The highest BCUT2D eigenvalue weighted by molar-refractivity contribution is 5.90. The Balaban J connectivity index is 0.000000487. The fourth-order valence-electron chi connectivity index (χ4n) is 0.925. The molecule has 0 aliphatic heterocycles. The third-order valence-corrected chi connectivity index (χ3v) is 1.42. The molecule has 1 aromatic carbocycles. The number of rotatable bonds is 3. The molecule has 0 aromatic heterocycles. The van der Waals surface area contributed by atoms with Crippen LogP contribution < -0.4 is 4.74 Å². The first-order valence-corrected chi connectivity index (χ1v) is 4.36. The van der Waals surface area contributed by atoms with Crippen LogP contribution in [0.5, 0.6) is 5.75 Å². The highest BCUT2D eigenvalue weighted by Gasteiger charge is 2.08. The van der Waals surface area contributed by atoms with Crippen molar-refractivity contribution in [2.24, 2.45) is 0 Å². The lowest BCUT2D eigenvalue weighted by Gasteiger charge is -2.05. The molecular weight excluding hydrogens is 216 g/mol. The van der Waals surface area contributed by atoms with E-state index in [1.54, 1.807) is 18.2 Å². The molecule has 0 saturated heterocycles. The Hall–Kier alpha value is -2.24. The summed E-state index contributed by atoms with van der Waals surface area (Å²) in [4.78, 5) is 19.2. The van der Waals surface area contributed by atoms with Crippen molar-refractivity contribution in [1.29, 1.82) is 0 Å². The van der Waals surface area contributed by atoms with E-state index in [0.717, 1.165) is 0 Å². The monoisotopic (exact) mass is 228 g/mol. The average Bonchev–Trinajstić information content (AvgIpc) is 2.18. The van der Waals surface area contributed by atoms with Gasteiger partial charge in [0.15, 0.2) is 0 Å². The molecule has 16 heavy (non-hydrogen) atoms. The van der Waals surface area contributed by atoms with Crippen LogP contribution in [0.15, 0.2) is 24.3 Å². The number of carboxylic acid groups (broad SMARTS) is 3. The Morgan fingerprint density at radius 1 is 1.19 bits per heavy atom. The summed E-state index contributed by atoms with van der Waals surface area (Å²) in [6.07, 6.45) is -1.83. The molecule has 0 radical (unpaired) electrons. The van der Waals surface area contributed by atoms with Gasteiger partial charge in [0.05, 0.1) is 6.61 Å². The van der Waals surface area contributed by atoms with Crippen LogP contribution in [0, 0.1) is 0 Å². The van der Waals surface area contributed by atoms with Gasteiger partial charge in [0.2, 0.25) is 0 Å². The van der Waals surface area contributed by atoms with Gasteiger partial charge in [0.1, 0.15) is 11.3 Å². The highest BCUT2D eigenvalue weighted by atomic mass is 16.6. The van der Waals surface area contributed by atoms with E-state index in [1.165, 1.54) is 6.07 Å². The second-order valence-electron chi connectivity index (χ2n) is 2.52. The van der Waals surface area contributed by atoms with Gasteiger partial charge in [0, 0.05) is 0 Å². The third kappa shape index (κ3) is 5.48. The van der Waals surface area contributed by atoms with Crippen molar-refractivity contribution in [3.05, 3.63) is 29.8 Å². The molecule has 0 fully saturated rings. The van der Waals surface area contributed by atoms with Gasteiger partial charge < -0.3 is 20.1 Å². The Kier molecular flexibility index (Phi) is 6.11. The number of aromatic carboxylic acids is 1. The second-order valence-corrected chi connectivity index (χ2v) is 2.52. The van der Waals surface area contributed by atoms with Gasteiger partial charge in [-0.2, -0.15) is 0 Å². The SMILES string of the molecule is CCOc1ccccc1C(=O)O.O=C(O)O. The molecule has 0 saturated carbocycles. The molecule has 0 unspecified atom stereocenters.